The molecule has 0 saturated heterocycles. The lowest BCUT2D eigenvalue weighted by Crippen LogP contribution is -2.05. The van der Waals surface area contributed by atoms with Crippen LogP contribution in [0, 0.1) is 11.6 Å². The van der Waals surface area contributed by atoms with Crippen molar-refractivity contribution in [1.29, 1.82) is 0 Å². The van der Waals surface area contributed by atoms with Gasteiger partial charge >= 0.3 is 0 Å². The van der Waals surface area contributed by atoms with Gasteiger partial charge in [-0.2, -0.15) is 0 Å². The van der Waals surface area contributed by atoms with Crippen LogP contribution in [0.5, 0.6) is 0 Å². The van der Waals surface area contributed by atoms with Crippen molar-refractivity contribution >= 4 is 11.4 Å². The van der Waals surface area contributed by atoms with Crippen molar-refractivity contribution in [2.45, 2.75) is 19.3 Å². The Morgan fingerprint density at radius 2 is 1.04 bits per heavy atom. The molecule has 2 N–H and O–H groups in total. The van der Waals surface area contributed by atoms with E-state index in [4.69, 9.17) is 10.4 Å². The van der Waals surface area contributed by atoms with Gasteiger partial charge in [0.25, 0.3) is 0 Å². The Labute approximate surface area is 132 Å². The molecule has 0 fully saturated rings. The quantitative estimate of drug-likeness (QED) is 0.476. The highest BCUT2D eigenvalue weighted by atomic mass is 19.1. The summed E-state index contributed by atoms with van der Waals surface area (Å²) in [5.41, 5.74) is 2.08. The minimum atomic E-state index is -0.364. The maximum absolute atomic E-state index is 12.9. The molecule has 0 aromatic heterocycles. The maximum atomic E-state index is 12.9. The van der Waals surface area contributed by atoms with E-state index in [0.29, 0.717) is 41.8 Å². The van der Waals surface area contributed by atoms with Crippen LogP contribution < -0.4 is 0 Å². The minimum Gasteiger partial charge on any atom is -0.411 e. The topological polar surface area (TPSA) is 65.2 Å². The van der Waals surface area contributed by atoms with Crippen LogP contribution in [-0.4, -0.2) is 21.8 Å². The second-order valence-electron chi connectivity index (χ2n) is 4.96. The van der Waals surface area contributed by atoms with Crippen LogP contribution in [0.4, 0.5) is 8.78 Å². The highest BCUT2D eigenvalue weighted by Crippen LogP contribution is 2.13. The number of benzene rings is 2. The molecule has 6 heteroatoms. The third-order valence-electron chi connectivity index (χ3n) is 3.42. The van der Waals surface area contributed by atoms with Gasteiger partial charge in [-0.15, -0.1) is 0 Å². The summed E-state index contributed by atoms with van der Waals surface area (Å²) in [5, 5.41) is 24.7. The van der Waals surface area contributed by atoms with E-state index in [0.717, 1.165) is 0 Å². The summed E-state index contributed by atoms with van der Waals surface area (Å²) >= 11 is 0. The normalized spacial score (nSPS) is 12.4. The number of hydrogen-bond acceptors (Lipinski definition) is 4. The summed E-state index contributed by atoms with van der Waals surface area (Å²) in [6.45, 7) is 0. The van der Waals surface area contributed by atoms with Gasteiger partial charge in [0, 0.05) is 0 Å². The molecular weight excluding hydrogens is 302 g/mol. The number of rotatable bonds is 6. The van der Waals surface area contributed by atoms with E-state index in [-0.39, 0.29) is 11.6 Å². The van der Waals surface area contributed by atoms with Crippen molar-refractivity contribution in [2.24, 2.45) is 10.3 Å². The van der Waals surface area contributed by atoms with Crippen LogP contribution in [0.1, 0.15) is 30.4 Å². The van der Waals surface area contributed by atoms with Crippen LogP contribution in [0.2, 0.25) is 0 Å². The molecule has 23 heavy (non-hydrogen) atoms. The molecule has 0 aliphatic heterocycles. The van der Waals surface area contributed by atoms with E-state index in [9.17, 15) is 8.78 Å². The van der Waals surface area contributed by atoms with Crippen LogP contribution in [0.25, 0.3) is 0 Å². The van der Waals surface area contributed by atoms with Gasteiger partial charge in [0.2, 0.25) is 0 Å². The van der Waals surface area contributed by atoms with E-state index in [1.54, 1.807) is 0 Å². The van der Waals surface area contributed by atoms with Crippen LogP contribution in [0.15, 0.2) is 58.8 Å². The first-order chi connectivity index (χ1) is 11.1. The van der Waals surface area contributed by atoms with Crippen molar-refractivity contribution in [3.05, 3.63) is 71.3 Å². The third-order valence-corrected chi connectivity index (χ3v) is 3.42. The first kappa shape index (κ1) is 16.6. The summed E-state index contributed by atoms with van der Waals surface area (Å²) in [4.78, 5) is 0. The second-order valence-corrected chi connectivity index (χ2v) is 4.96. The van der Waals surface area contributed by atoms with Crippen molar-refractivity contribution in [2.75, 3.05) is 0 Å². The maximum Gasteiger partial charge on any atom is 0.123 e. The Morgan fingerprint density at radius 3 is 1.35 bits per heavy atom. The zero-order chi connectivity index (χ0) is 16.7. The average molecular weight is 318 g/mol. The fraction of sp³-hybridized carbons (Fsp3) is 0.176. The zero-order valence-corrected chi connectivity index (χ0v) is 12.3. The minimum absolute atomic E-state index is 0.364. The second kappa shape index (κ2) is 8.03. The monoisotopic (exact) mass is 318 g/mol. The molecule has 0 unspecified atom stereocenters. The van der Waals surface area contributed by atoms with E-state index < -0.39 is 0 Å². The lowest BCUT2D eigenvalue weighted by molar-refractivity contribution is 0.317. The molecule has 0 heterocycles. The Balaban J connectivity index is 1.96. The number of nitrogens with zero attached hydrogens (tertiary/aromatic N) is 2. The summed E-state index contributed by atoms with van der Waals surface area (Å²) < 4.78 is 25.8. The molecule has 2 aromatic rings. The number of hydrogen-bond donors (Lipinski definition) is 2. The highest BCUT2D eigenvalue weighted by molar-refractivity contribution is 6.02. The Bertz CT molecular complexity index is 634. The molecule has 0 atom stereocenters. The Hall–Kier alpha value is -2.76. The SMILES string of the molecule is O/N=C(/CCC/C(=N/O)c1ccc(F)cc1)c1ccc(F)cc1. The lowest BCUT2D eigenvalue weighted by atomic mass is 10.0. The van der Waals surface area contributed by atoms with Crippen LogP contribution in [0.3, 0.4) is 0 Å². The molecule has 0 radical (unpaired) electrons. The molecule has 2 rings (SSSR count). The summed E-state index contributed by atoms with van der Waals surface area (Å²) in [7, 11) is 0. The summed E-state index contributed by atoms with van der Waals surface area (Å²) in [5.74, 6) is -0.728. The first-order valence-corrected chi connectivity index (χ1v) is 7.08. The van der Waals surface area contributed by atoms with Gasteiger partial charge in [-0.25, -0.2) is 8.78 Å². The number of oxime groups is 2. The predicted molar refractivity (Wildman–Crippen MR) is 83.3 cm³/mol. The molecular formula is C17H16F2N2O2. The molecule has 120 valence electrons. The van der Waals surface area contributed by atoms with Crippen LogP contribution in [-0.2, 0) is 0 Å². The van der Waals surface area contributed by atoms with Gasteiger partial charge in [0.15, 0.2) is 0 Å². The summed E-state index contributed by atoms with van der Waals surface area (Å²) in [6, 6.07) is 11.3. The average Bonchev–Trinajstić information content (AvgIpc) is 2.57. The van der Waals surface area contributed by atoms with E-state index >= 15 is 0 Å². The fourth-order valence-corrected chi connectivity index (χ4v) is 2.21. The molecule has 0 spiro atoms. The molecule has 0 amide bonds. The van der Waals surface area contributed by atoms with Crippen molar-refractivity contribution in [1.82, 2.24) is 0 Å². The predicted octanol–water partition coefficient (Wildman–Crippen LogP) is 4.19. The summed E-state index contributed by atoms with van der Waals surface area (Å²) in [6.07, 6.45) is 1.39. The molecule has 2 aromatic carbocycles. The van der Waals surface area contributed by atoms with Crippen molar-refractivity contribution < 1.29 is 19.2 Å². The highest BCUT2D eigenvalue weighted by Gasteiger charge is 2.09. The fourth-order valence-electron chi connectivity index (χ4n) is 2.21. The van der Waals surface area contributed by atoms with Gasteiger partial charge in [0.1, 0.15) is 11.6 Å². The smallest absolute Gasteiger partial charge is 0.123 e. The lowest BCUT2D eigenvalue weighted by Gasteiger charge is -2.07. The van der Waals surface area contributed by atoms with E-state index in [1.807, 2.05) is 0 Å². The molecule has 0 saturated carbocycles. The zero-order valence-electron chi connectivity index (χ0n) is 12.3. The Kier molecular flexibility index (Phi) is 5.80. The largest absolute Gasteiger partial charge is 0.411 e. The van der Waals surface area contributed by atoms with E-state index in [1.165, 1.54) is 48.5 Å². The molecule has 4 nitrogen and oxygen atoms in total. The van der Waals surface area contributed by atoms with Crippen molar-refractivity contribution in [3.63, 3.8) is 0 Å². The third kappa shape index (κ3) is 4.60. The molecule has 0 aliphatic rings. The van der Waals surface area contributed by atoms with Crippen molar-refractivity contribution in [3.8, 4) is 0 Å². The van der Waals surface area contributed by atoms with Gasteiger partial charge in [-0.1, -0.05) is 34.6 Å². The Morgan fingerprint density at radius 1 is 0.696 bits per heavy atom. The van der Waals surface area contributed by atoms with Gasteiger partial charge in [-0.05, 0) is 54.7 Å². The molecule has 0 aliphatic carbocycles. The standard InChI is InChI=1S/C17H16F2N2O2/c18-14-8-4-12(5-9-14)16(20-22)2-1-3-17(21-23)13-6-10-15(19)11-7-13/h4-11,22-23H,1-3H2/b20-16-,21-17-. The first-order valence-electron chi connectivity index (χ1n) is 7.08. The van der Waals surface area contributed by atoms with Gasteiger partial charge < -0.3 is 10.4 Å². The van der Waals surface area contributed by atoms with Crippen LogP contribution >= 0.6 is 0 Å². The van der Waals surface area contributed by atoms with E-state index in [2.05, 4.69) is 10.3 Å². The van der Waals surface area contributed by atoms with Gasteiger partial charge in [0.05, 0.1) is 11.4 Å². The van der Waals surface area contributed by atoms with Gasteiger partial charge in [-0.3, -0.25) is 0 Å². The number of halogens is 2. The molecule has 0 bridgehead atoms.